The molecule has 0 radical (unpaired) electrons. The molecule has 2 amide bonds. The molecular weight excluding hydrogens is 490 g/mol. The van der Waals surface area contributed by atoms with Gasteiger partial charge in [-0.1, -0.05) is 53.3 Å². The summed E-state index contributed by atoms with van der Waals surface area (Å²) in [6.07, 6.45) is 0. The Morgan fingerprint density at radius 2 is 1.77 bits per heavy atom. The van der Waals surface area contributed by atoms with Gasteiger partial charge >= 0.3 is 5.97 Å². The van der Waals surface area contributed by atoms with E-state index in [0.717, 1.165) is 16.2 Å². The zero-order valence-corrected chi connectivity index (χ0v) is 20.4. The summed E-state index contributed by atoms with van der Waals surface area (Å²) in [4.78, 5) is 58.1. The van der Waals surface area contributed by atoms with E-state index >= 15 is 0 Å². The molecule has 0 N–H and O–H groups in total. The van der Waals surface area contributed by atoms with E-state index in [4.69, 9.17) is 16.3 Å². The summed E-state index contributed by atoms with van der Waals surface area (Å²) in [6.45, 7) is 2.97. The number of rotatable bonds is 2. The van der Waals surface area contributed by atoms with Crippen molar-refractivity contribution in [3.63, 3.8) is 0 Å². The van der Waals surface area contributed by atoms with Gasteiger partial charge in [0.2, 0.25) is 5.91 Å². The summed E-state index contributed by atoms with van der Waals surface area (Å²) in [5.74, 6) is -1.64. The molecule has 2 aliphatic rings. The minimum Gasteiger partial charge on any atom is -0.466 e. The molecule has 3 heterocycles. The molecule has 35 heavy (non-hydrogen) atoms. The van der Waals surface area contributed by atoms with Crippen LogP contribution in [0.2, 0.25) is 5.02 Å². The SMILES string of the molecule is COC(=O)C1=C(C)N=c2s/c(=C3/C(=O)N(C(C)=O)c4ccccc43)c(=O)n2C1c1ccc(Cl)cc1. The van der Waals surface area contributed by atoms with Crippen LogP contribution in [0.4, 0.5) is 5.69 Å². The van der Waals surface area contributed by atoms with Gasteiger partial charge in [-0.3, -0.25) is 19.0 Å². The van der Waals surface area contributed by atoms with Crippen LogP contribution in [-0.4, -0.2) is 29.5 Å². The number of carbonyl (C=O) groups excluding carboxylic acids is 3. The quantitative estimate of drug-likeness (QED) is 0.496. The largest absolute Gasteiger partial charge is 0.466 e. The molecule has 8 nitrogen and oxygen atoms in total. The van der Waals surface area contributed by atoms with Gasteiger partial charge in [0.05, 0.1) is 35.7 Å². The van der Waals surface area contributed by atoms with Crippen LogP contribution in [0.3, 0.4) is 0 Å². The fraction of sp³-hybridized carbons (Fsp3) is 0.160. The first-order valence-electron chi connectivity index (χ1n) is 10.6. The van der Waals surface area contributed by atoms with E-state index in [0.29, 0.717) is 32.3 Å². The highest BCUT2D eigenvalue weighted by Gasteiger charge is 2.38. The number of fused-ring (bicyclic) bond motifs is 2. The number of allylic oxidation sites excluding steroid dienone is 1. The molecule has 3 aromatic rings. The standard InChI is InChI=1S/C25H18ClN3O5S/c1-12-18(24(33)34-3)20(14-8-10-15(26)11-9-14)29-23(32)21(35-25(29)27-12)19-16-6-4-5-7-17(16)28(13(2)30)22(19)31/h4-11,20H,1-3H3/b21-19+. The second-order valence-corrected chi connectivity index (χ2v) is 9.41. The van der Waals surface area contributed by atoms with E-state index in [9.17, 15) is 19.2 Å². The number of ether oxygens (including phenoxy) is 1. The average Bonchev–Trinajstić information content (AvgIpc) is 3.30. The van der Waals surface area contributed by atoms with Gasteiger partial charge in [0, 0.05) is 17.5 Å². The van der Waals surface area contributed by atoms with Crippen molar-refractivity contribution in [3.05, 3.63) is 95.6 Å². The minimum absolute atomic E-state index is 0.134. The van der Waals surface area contributed by atoms with Crippen molar-refractivity contribution in [2.75, 3.05) is 12.0 Å². The van der Waals surface area contributed by atoms with E-state index in [1.165, 1.54) is 18.6 Å². The third-order valence-corrected chi connectivity index (χ3v) is 7.27. The van der Waals surface area contributed by atoms with Crippen molar-refractivity contribution in [2.24, 2.45) is 4.99 Å². The van der Waals surface area contributed by atoms with Gasteiger partial charge in [0.1, 0.15) is 4.53 Å². The van der Waals surface area contributed by atoms with Gasteiger partial charge < -0.3 is 4.74 Å². The Balaban J connectivity index is 1.85. The van der Waals surface area contributed by atoms with E-state index in [-0.39, 0.29) is 15.7 Å². The zero-order chi connectivity index (χ0) is 25.0. The molecule has 10 heteroatoms. The molecule has 5 rings (SSSR count). The normalized spacial score (nSPS) is 18.2. The number of aromatic nitrogens is 1. The van der Waals surface area contributed by atoms with E-state index in [2.05, 4.69) is 4.99 Å². The number of thiazole rings is 1. The van der Waals surface area contributed by atoms with Crippen LogP contribution in [0.1, 0.15) is 31.0 Å². The summed E-state index contributed by atoms with van der Waals surface area (Å²) < 4.78 is 6.53. The maximum absolute atomic E-state index is 13.9. The van der Waals surface area contributed by atoms with Crippen LogP contribution in [0.5, 0.6) is 0 Å². The van der Waals surface area contributed by atoms with Crippen molar-refractivity contribution in [2.45, 2.75) is 19.9 Å². The number of methoxy groups -OCH3 is 1. The molecule has 0 fully saturated rings. The number of nitrogens with zero attached hydrogens (tertiary/aromatic N) is 3. The summed E-state index contributed by atoms with van der Waals surface area (Å²) in [5.41, 5.74) is 1.79. The Morgan fingerprint density at radius 1 is 1.09 bits per heavy atom. The molecule has 2 aliphatic heterocycles. The highest BCUT2D eigenvalue weighted by atomic mass is 35.5. The fourth-order valence-electron chi connectivity index (χ4n) is 4.45. The average molecular weight is 508 g/mol. The lowest BCUT2D eigenvalue weighted by molar-refractivity contribution is -0.136. The van der Waals surface area contributed by atoms with Crippen molar-refractivity contribution < 1.29 is 19.1 Å². The topological polar surface area (TPSA) is 98.0 Å². The number of hydrogen-bond donors (Lipinski definition) is 0. The molecule has 1 atom stereocenters. The summed E-state index contributed by atoms with van der Waals surface area (Å²) in [6, 6.07) is 12.8. The van der Waals surface area contributed by atoms with Crippen LogP contribution in [-0.2, 0) is 19.1 Å². The summed E-state index contributed by atoms with van der Waals surface area (Å²) in [5, 5.41) is 0.501. The first-order valence-corrected chi connectivity index (χ1v) is 11.8. The van der Waals surface area contributed by atoms with Gasteiger partial charge in [-0.25, -0.2) is 14.7 Å². The van der Waals surface area contributed by atoms with E-state index in [1.807, 2.05) is 0 Å². The molecule has 2 aromatic carbocycles. The number of esters is 1. The highest BCUT2D eigenvalue weighted by Crippen LogP contribution is 2.35. The molecule has 176 valence electrons. The second-order valence-electron chi connectivity index (χ2n) is 8.00. The Bertz CT molecular complexity index is 1650. The monoisotopic (exact) mass is 507 g/mol. The molecule has 0 spiro atoms. The predicted molar refractivity (Wildman–Crippen MR) is 131 cm³/mol. The molecule has 0 aliphatic carbocycles. The molecule has 1 aromatic heterocycles. The Labute approximate surface area is 208 Å². The molecule has 0 saturated carbocycles. The van der Waals surface area contributed by atoms with Gasteiger partial charge in [0.25, 0.3) is 11.5 Å². The zero-order valence-electron chi connectivity index (χ0n) is 18.9. The van der Waals surface area contributed by atoms with Gasteiger partial charge in [-0.2, -0.15) is 0 Å². The molecule has 0 saturated heterocycles. The number of anilines is 1. The number of benzene rings is 2. The van der Waals surface area contributed by atoms with Gasteiger partial charge in [-0.15, -0.1) is 0 Å². The lowest BCUT2D eigenvalue weighted by Gasteiger charge is -2.24. The molecule has 1 unspecified atom stereocenters. The van der Waals surface area contributed by atoms with Crippen LogP contribution < -0.4 is 19.8 Å². The number of amides is 2. The van der Waals surface area contributed by atoms with Crippen molar-refractivity contribution in [1.82, 2.24) is 4.57 Å². The van der Waals surface area contributed by atoms with Crippen molar-refractivity contribution >= 4 is 52.0 Å². The number of para-hydroxylation sites is 1. The number of hydrogen-bond acceptors (Lipinski definition) is 7. The maximum atomic E-state index is 13.9. The Kier molecular flexibility index (Phi) is 5.53. The van der Waals surface area contributed by atoms with Crippen molar-refractivity contribution in [1.29, 1.82) is 0 Å². The van der Waals surface area contributed by atoms with E-state index in [1.54, 1.807) is 55.5 Å². The minimum atomic E-state index is -0.832. The third-order valence-electron chi connectivity index (χ3n) is 5.96. The third kappa shape index (κ3) is 3.46. The predicted octanol–water partition coefficient (Wildman–Crippen LogP) is 2.32. The number of imide groups is 1. The van der Waals surface area contributed by atoms with Crippen LogP contribution in [0, 0.1) is 0 Å². The molecule has 0 bridgehead atoms. The number of carbonyl (C=O) groups is 3. The smallest absolute Gasteiger partial charge is 0.338 e. The number of halogens is 1. The molecular formula is C25H18ClN3O5S. The first-order chi connectivity index (χ1) is 16.7. The lowest BCUT2D eigenvalue weighted by atomic mass is 9.96. The second kappa shape index (κ2) is 8.44. The van der Waals surface area contributed by atoms with Crippen LogP contribution >= 0.6 is 22.9 Å². The van der Waals surface area contributed by atoms with Crippen LogP contribution in [0.15, 0.2) is 69.6 Å². The van der Waals surface area contributed by atoms with E-state index < -0.39 is 29.4 Å². The Hall–Kier alpha value is -3.82. The summed E-state index contributed by atoms with van der Waals surface area (Å²) in [7, 11) is 1.26. The van der Waals surface area contributed by atoms with Crippen molar-refractivity contribution in [3.8, 4) is 0 Å². The van der Waals surface area contributed by atoms with Gasteiger partial charge in [-0.05, 0) is 30.7 Å². The maximum Gasteiger partial charge on any atom is 0.338 e. The lowest BCUT2D eigenvalue weighted by Crippen LogP contribution is -2.41. The Morgan fingerprint density at radius 3 is 2.43 bits per heavy atom. The van der Waals surface area contributed by atoms with Crippen LogP contribution in [0.25, 0.3) is 5.57 Å². The summed E-state index contributed by atoms with van der Waals surface area (Å²) >= 11 is 7.11. The van der Waals surface area contributed by atoms with Gasteiger partial charge in [0.15, 0.2) is 4.80 Å². The first kappa shape index (κ1) is 22.9. The fourth-order valence-corrected chi connectivity index (χ4v) is 5.71. The highest BCUT2D eigenvalue weighted by molar-refractivity contribution is 7.07.